The molecular weight excluding hydrogens is 504 g/mol. The maximum atomic E-state index is 12.6. The van der Waals surface area contributed by atoms with Gasteiger partial charge < -0.3 is 9.47 Å². The van der Waals surface area contributed by atoms with Crippen molar-refractivity contribution in [1.82, 2.24) is 10.2 Å². The van der Waals surface area contributed by atoms with Crippen molar-refractivity contribution in [2.75, 3.05) is 18.7 Å². The summed E-state index contributed by atoms with van der Waals surface area (Å²) in [4.78, 5) is 25.0. The standard InChI is InChI=1S/C24H22N4O6S2/c1-14(2)16-6-8-17(9-7-16)22(30)34-19-10-5-15(12-20(19)33-3)11-18(13-25)21(29)26-23-27-28-24(35-23)36(4,31)32/h5-12,14H,1-4H3,(H,26,27,29)/b18-11-. The van der Waals surface area contributed by atoms with E-state index in [9.17, 15) is 23.3 Å². The Morgan fingerprint density at radius 3 is 2.36 bits per heavy atom. The average Bonchev–Trinajstić information content (AvgIpc) is 3.32. The van der Waals surface area contributed by atoms with Crippen LogP contribution in [0.15, 0.2) is 52.4 Å². The van der Waals surface area contributed by atoms with Gasteiger partial charge in [-0.2, -0.15) is 5.26 Å². The molecule has 0 aliphatic heterocycles. The van der Waals surface area contributed by atoms with Gasteiger partial charge in [0.2, 0.25) is 19.3 Å². The van der Waals surface area contributed by atoms with Gasteiger partial charge in [-0.3, -0.25) is 10.1 Å². The number of ether oxygens (including phenoxy) is 2. The number of sulfone groups is 1. The molecule has 0 saturated carbocycles. The van der Waals surface area contributed by atoms with Crippen molar-refractivity contribution in [3.05, 3.63) is 64.7 Å². The third-order valence-electron chi connectivity index (χ3n) is 4.82. The maximum absolute atomic E-state index is 12.6. The van der Waals surface area contributed by atoms with Crippen LogP contribution < -0.4 is 14.8 Å². The minimum atomic E-state index is -3.57. The highest BCUT2D eigenvalue weighted by molar-refractivity contribution is 7.92. The Hall–Kier alpha value is -4.08. The van der Waals surface area contributed by atoms with Crippen LogP contribution in [0.25, 0.3) is 6.08 Å². The first-order chi connectivity index (χ1) is 17.0. The monoisotopic (exact) mass is 526 g/mol. The number of benzene rings is 2. The molecule has 0 unspecified atom stereocenters. The Morgan fingerprint density at radius 2 is 1.81 bits per heavy atom. The minimum absolute atomic E-state index is 0.0668. The quantitative estimate of drug-likeness (QED) is 0.152. The number of esters is 1. The van der Waals surface area contributed by atoms with Crippen LogP contribution in [0.4, 0.5) is 5.13 Å². The number of anilines is 1. The van der Waals surface area contributed by atoms with Gasteiger partial charge in [0.05, 0.1) is 12.7 Å². The smallest absolute Gasteiger partial charge is 0.343 e. The van der Waals surface area contributed by atoms with E-state index in [4.69, 9.17) is 9.47 Å². The molecule has 1 heterocycles. The van der Waals surface area contributed by atoms with E-state index in [0.29, 0.717) is 28.4 Å². The maximum Gasteiger partial charge on any atom is 0.343 e. The molecular formula is C24H22N4O6S2. The van der Waals surface area contributed by atoms with Crippen LogP contribution in [0.1, 0.15) is 41.3 Å². The molecule has 3 aromatic rings. The second-order valence-electron chi connectivity index (χ2n) is 7.85. The van der Waals surface area contributed by atoms with Gasteiger partial charge in [0.25, 0.3) is 5.91 Å². The van der Waals surface area contributed by atoms with Crippen LogP contribution in [-0.4, -0.2) is 43.9 Å². The zero-order chi connectivity index (χ0) is 26.5. The number of aromatic nitrogens is 2. The summed E-state index contributed by atoms with van der Waals surface area (Å²) in [6.07, 6.45) is 2.27. The number of carbonyl (C=O) groups is 2. The molecule has 10 nitrogen and oxygen atoms in total. The molecule has 0 radical (unpaired) electrons. The lowest BCUT2D eigenvalue weighted by molar-refractivity contribution is -0.112. The number of hydrogen-bond acceptors (Lipinski definition) is 10. The second-order valence-corrected chi connectivity index (χ2v) is 11.0. The molecule has 0 bridgehead atoms. The zero-order valence-electron chi connectivity index (χ0n) is 19.8. The Morgan fingerprint density at radius 1 is 1.11 bits per heavy atom. The van der Waals surface area contributed by atoms with E-state index >= 15 is 0 Å². The molecule has 3 rings (SSSR count). The Bertz CT molecular complexity index is 1470. The van der Waals surface area contributed by atoms with E-state index in [1.165, 1.54) is 25.3 Å². The largest absolute Gasteiger partial charge is 0.493 e. The molecule has 1 amide bonds. The predicted molar refractivity (Wildman–Crippen MR) is 134 cm³/mol. The highest BCUT2D eigenvalue weighted by Gasteiger charge is 2.18. The van der Waals surface area contributed by atoms with Gasteiger partial charge in [-0.1, -0.05) is 43.4 Å². The SMILES string of the molecule is COc1cc(/C=C(/C#N)C(=O)Nc2nnc(S(C)(=O)=O)s2)ccc1OC(=O)c1ccc(C(C)C)cc1. The van der Waals surface area contributed by atoms with Crippen LogP contribution in [0.5, 0.6) is 11.5 Å². The first-order valence-electron chi connectivity index (χ1n) is 10.5. The molecule has 0 saturated heterocycles. The lowest BCUT2D eigenvalue weighted by atomic mass is 10.0. The van der Waals surface area contributed by atoms with Gasteiger partial charge in [0.1, 0.15) is 11.6 Å². The molecule has 1 aromatic heterocycles. The fourth-order valence-corrected chi connectivity index (χ4v) is 4.41. The molecule has 0 aliphatic rings. The molecule has 12 heteroatoms. The van der Waals surface area contributed by atoms with Crippen molar-refractivity contribution in [3.8, 4) is 17.6 Å². The van der Waals surface area contributed by atoms with Gasteiger partial charge in [0, 0.05) is 6.26 Å². The molecule has 0 fully saturated rings. The number of nitriles is 1. The highest BCUT2D eigenvalue weighted by Crippen LogP contribution is 2.30. The van der Waals surface area contributed by atoms with Crippen LogP contribution in [0.2, 0.25) is 0 Å². The van der Waals surface area contributed by atoms with Gasteiger partial charge in [-0.25, -0.2) is 13.2 Å². The highest BCUT2D eigenvalue weighted by atomic mass is 32.2. The number of nitrogens with zero attached hydrogens (tertiary/aromatic N) is 3. The Labute approximate surface area is 212 Å². The second kappa shape index (κ2) is 11.1. The summed E-state index contributed by atoms with van der Waals surface area (Å²) < 4.78 is 33.6. The van der Waals surface area contributed by atoms with Crippen molar-refractivity contribution in [2.24, 2.45) is 0 Å². The first kappa shape index (κ1) is 26.5. The molecule has 1 N–H and O–H groups in total. The lowest BCUT2D eigenvalue weighted by Crippen LogP contribution is -2.13. The fraction of sp³-hybridized carbons (Fsp3) is 0.208. The van der Waals surface area contributed by atoms with E-state index in [1.807, 2.05) is 12.1 Å². The number of amides is 1. The summed E-state index contributed by atoms with van der Waals surface area (Å²) in [5.41, 5.74) is 1.63. The summed E-state index contributed by atoms with van der Waals surface area (Å²) in [5, 5.41) is 18.8. The number of rotatable bonds is 8. The van der Waals surface area contributed by atoms with Crippen molar-refractivity contribution >= 4 is 44.3 Å². The van der Waals surface area contributed by atoms with E-state index in [1.54, 1.807) is 24.3 Å². The van der Waals surface area contributed by atoms with Crippen molar-refractivity contribution in [2.45, 2.75) is 24.1 Å². The Balaban J connectivity index is 1.77. The molecule has 2 aromatic carbocycles. The molecule has 36 heavy (non-hydrogen) atoms. The summed E-state index contributed by atoms with van der Waals surface area (Å²) in [6, 6.07) is 13.4. The van der Waals surface area contributed by atoms with Crippen LogP contribution in [0.3, 0.4) is 0 Å². The van der Waals surface area contributed by atoms with E-state index < -0.39 is 21.7 Å². The predicted octanol–water partition coefficient (Wildman–Crippen LogP) is 3.84. The summed E-state index contributed by atoms with van der Waals surface area (Å²) in [7, 11) is -2.18. The van der Waals surface area contributed by atoms with Crippen molar-refractivity contribution in [1.29, 1.82) is 5.26 Å². The van der Waals surface area contributed by atoms with Gasteiger partial charge >= 0.3 is 5.97 Å². The van der Waals surface area contributed by atoms with E-state index in [0.717, 1.165) is 11.8 Å². The van der Waals surface area contributed by atoms with Crippen LogP contribution in [0, 0.1) is 11.3 Å². The molecule has 186 valence electrons. The van der Waals surface area contributed by atoms with Crippen LogP contribution >= 0.6 is 11.3 Å². The number of nitrogens with one attached hydrogen (secondary N) is 1. The zero-order valence-corrected chi connectivity index (χ0v) is 21.4. The van der Waals surface area contributed by atoms with Gasteiger partial charge in [-0.15, -0.1) is 10.2 Å². The van der Waals surface area contributed by atoms with Crippen molar-refractivity contribution < 1.29 is 27.5 Å². The number of methoxy groups -OCH3 is 1. The third-order valence-corrected chi connectivity index (χ3v) is 7.33. The average molecular weight is 527 g/mol. The fourth-order valence-electron chi connectivity index (χ4n) is 2.91. The molecule has 0 atom stereocenters. The first-order valence-corrected chi connectivity index (χ1v) is 13.2. The summed E-state index contributed by atoms with van der Waals surface area (Å²) in [6.45, 7) is 4.11. The van der Waals surface area contributed by atoms with Crippen LogP contribution in [-0.2, 0) is 14.6 Å². The summed E-state index contributed by atoms with van der Waals surface area (Å²) >= 11 is 0.669. The number of hydrogen-bond donors (Lipinski definition) is 1. The minimum Gasteiger partial charge on any atom is -0.493 e. The topological polar surface area (TPSA) is 148 Å². The Kier molecular flexibility index (Phi) is 8.18. The van der Waals surface area contributed by atoms with Gasteiger partial charge in [0.15, 0.2) is 11.5 Å². The lowest BCUT2D eigenvalue weighted by Gasteiger charge is -2.11. The molecule has 0 aliphatic carbocycles. The van der Waals surface area contributed by atoms with E-state index in [2.05, 4.69) is 29.4 Å². The van der Waals surface area contributed by atoms with Gasteiger partial charge in [-0.05, 0) is 47.4 Å². The third kappa shape index (κ3) is 6.53. The molecule has 0 spiro atoms. The number of carbonyl (C=O) groups excluding carboxylic acids is 2. The van der Waals surface area contributed by atoms with Crippen molar-refractivity contribution in [3.63, 3.8) is 0 Å². The summed E-state index contributed by atoms with van der Waals surface area (Å²) in [5.74, 6) is -0.643. The van der Waals surface area contributed by atoms with E-state index in [-0.39, 0.29) is 26.5 Å². The normalized spacial score (nSPS) is 11.6.